The molecule has 1 saturated heterocycles. The van der Waals surface area contributed by atoms with Crippen molar-refractivity contribution in [1.82, 2.24) is 14.8 Å². The molecule has 2 rings (SSSR count). The summed E-state index contributed by atoms with van der Waals surface area (Å²) in [5, 5.41) is 0. The zero-order valence-corrected chi connectivity index (χ0v) is 10.1. The molecule has 0 bridgehead atoms. The van der Waals surface area contributed by atoms with Crippen LogP contribution in [0, 0.1) is 0 Å². The van der Waals surface area contributed by atoms with Gasteiger partial charge in [0.05, 0.1) is 24.5 Å². The quantitative estimate of drug-likeness (QED) is 0.539. The number of aromatic nitrogens is 1. The van der Waals surface area contributed by atoms with Gasteiger partial charge in [0.2, 0.25) is 11.8 Å². The molecule has 7 heteroatoms. The van der Waals surface area contributed by atoms with Gasteiger partial charge in [-0.3, -0.25) is 20.4 Å². The Bertz CT molecular complexity index is 476. The summed E-state index contributed by atoms with van der Waals surface area (Å²) < 4.78 is 0. The predicted octanol–water partition coefficient (Wildman–Crippen LogP) is -0.832. The van der Waals surface area contributed by atoms with Gasteiger partial charge >= 0.3 is 0 Å². The van der Waals surface area contributed by atoms with E-state index in [9.17, 15) is 9.59 Å². The van der Waals surface area contributed by atoms with Crippen LogP contribution in [0.25, 0.3) is 0 Å². The van der Waals surface area contributed by atoms with Gasteiger partial charge in [-0.2, -0.15) is 0 Å². The minimum Gasteiger partial charge on any atom is -0.335 e. The lowest BCUT2D eigenvalue weighted by Crippen LogP contribution is -2.51. The number of carbonyl (C=O) groups excluding carboxylic acids is 2. The van der Waals surface area contributed by atoms with E-state index in [1.807, 2.05) is 0 Å². The highest BCUT2D eigenvalue weighted by Crippen LogP contribution is 2.11. The van der Waals surface area contributed by atoms with Crippen LogP contribution in [0.4, 0.5) is 5.69 Å². The van der Waals surface area contributed by atoms with Crippen molar-refractivity contribution in [2.45, 2.75) is 6.54 Å². The first-order valence-corrected chi connectivity index (χ1v) is 5.53. The molecule has 0 unspecified atom stereocenters. The van der Waals surface area contributed by atoms with Crippen LogP contribution in [-0.4, -0.2) is 46.7 Å². The fourth-order valence-corrected chi connectivity index (χ4v) is 1.76. The summed E-state index contributed by atoms with van der Waals surface area (Å²) in [7, 11) is 1.62. The molecule has 1 aromatic heterocycles. The van der Waals surface area contributed by atoms with Gasteiger partial charge in [-0.15, -0.1) is 0 Å². The maximum Gasteiger partial charge on any atom is 0.243 e. The molecule has 0 spiro atoms. The number of piperazine rings is 1. The van der Waals surface area contributed by atoms with E-state index < -0.39 is 0 Å². The first kappa shape index (κ1) is 12.3. The van der Waals surface area contributed by atoms with Gasteiger partial charge in [-0.05, 0) is 12.1 Å². The van der Waals surface area contributed by atoms with E-state index in [1.54, 1.807) is 25.4 Å². The van der Waals surface area contributed by atoms with Gasteiger partial charge in [-0.25, -0.2) is 0 Å². The van der Waals surface area contributed by atoms with Crippen LogP contribution >= 0.6 is 0 Å². The molecule has 0 radical (unpaired) electrons. The van der Waals surface area contributed by atoms with E-state index in [4.69, 9.17) is 5.84 Å². The summed E-state index contributed by atoms with van der Waals surface area (Å²) in [6.45, 7) is 0.527. The highest BCUT2D eigenvalue weighted by Gasteiger charge is 2.27. The Morgan fingerprint density at radius 3 is 2.89 bits per heavy atom. The Morgan fingerprint density at radius 2 is 2.17 bits per heavy atom. The molecule has 0 saturated carbocycles. The molecule has 1 fully saturated rings. The van der Waals surface area contributed by atoms with Crippen LogP contribution in [0.15, 0.2) is 18.3 Å². The van der Waals surface area contributed by atoms with Crippen LogP contribution in [0.1, 0.15) is 5.69 Å². The van der Waals surface area contributed by atoms with Crippen LogP contribution in [-0.2, 0) is 16.1 Å². The van der Waals surface area contributed by atoms with Gasteiger partial charge < -0.3 is 15.2 Å². The van der Waals surface area contributed by atoms with Crippen molar-refractivity contribution < 1.29 is 9.59 Å². The van der Waals surface area contributed by atoms with Gasteiger partial charge in [0.1, 0.15) is 6.54 Å². The molecule has 0 aromatic carbocycles. The molecule has 0 atom stereocenters. The van der Waals surface area contributed by atoms with Crippen LogP contribution in [0.5, 0.6) is 0 Å². The Kier molecular flexibility index (Phi) is 3.42. The Balaban J connectivity index is 2.08. The number of carbonyl (C=O) groups is 2. The molecule has 18 heavy (non-hydrogen) atoms. The van der Waals surface area contributed by atoms with Crippen molar-refractivity contribution in [3.05, 3.63) is 24.0 Å². The average molecular weight is 249 g/mol. The largest absolute Gasteiger partial charge is 0.335 e. The van der Waals surface area contributed by atoms with Gasteiger partial charge in [0.15, 0.2) is 0 Å². The van der Waals surface area contributed by atoms with E-state index in [0.29, 0.717) is 17.9 Å². The molecule has 2 amide bonds. The monoisotopic (exact) mass is 249 g/mol. The van der Waals surface area contributed by atoms with Crippen molar-refractivity contribution >= 4 is 17.5 Å². The SMILES string of the molecule is CN1CC(=O)N(Cc2cc(NN)ccn2)CC1=O. The Hall–Kier alpha value is -2.15. The van der Waals surface area contributed by atoms with Crippen LogP contribution in [0.2, 0.25) is 0 Å². The summed E-state index contributed by atoms with van der Waals surface area (Å²) >= 11 is 0. The maximum atomic E-state index is 11.8. The number of nitrogens with two attached hydrogens (primary N) is 1. The van der Waals surface area contributed by atoms with Gasteiger partial charge in [0, 0.05) is 13.2 Å². The Morgan fingerprint density at radius 1 is 1.39 bits per heavy atom. The molecule has 1 aromatic rings. The standard InChI is InChI=1S/C11H15N5O2/c1-15-6-11(18)16(7-10(15)17)5-9-4-8(14-12)2-3-13-9/h2-4H,5-7,12H2,1H3,(H,13,14). The topological polar surface area (TPSA) is 91.6 Å². The van der Waals surface area contributed by atoms with Crippen molar-refractivity contribution in [3.8, 4) is 0 Å². The van der Waals surface area contributed by atoms with E-state index in [2.05, 4.69) is 10.4 Å². The number of likely N-dealkylation sites (N-methyl/N-ethyl adjacent to an activating group) is 1. The van der Waals surface area contributed by atoms with E-state index in [1.165, 1.54) is 9.80 Å². The van der Waals surface area contributed by atoms with Crippen molar-refractivity contribution in [1.29, 1.82) is 0 Å². The number of hydrogen-bond acceptors (Lipinski definition) is 5. The summed E-state index contributed by atoms with van der Waals surface area (Å²) in [4.78, 5) is 30.4. The average Bonchev–Trinajstić information content (AvgIpc) is 2.36. The fourth-order valence-electron chi connectivity index (χ4n) is 1.76. The first-order valence-electron chi connectivity index (χ1n) is 5.53. The highest BCUT2D eigenvalue weighted by molar-refractivity contribution is 5.92. The van der Waals surface area contributed by atoms with Crippen molar-refractivity contribution in [3.63, 3.8) is 0 Å². The molecule has 1 aliphatic rings. The van der Waals surface area contributed by atoms with Gasteiger partial charge in [-0.1, -0.05) is 0 Å². The second-order valence-electron chi connectivity index (χ2n) is 4.18. The van der Waals surface area contributed by atoms with E-state index in [0.717, 1.165) is 0 Å². The zero-order valence-electron chi connectivity index (χ0n) is 10.1. The Labute approximate surface area is 105 Å². The first-order chi connectivity index (χ1) is 8.60. The second-order valence-corrected chi connectivity index (χ2v) is 4.18. The predicted molar refractivity (Wildman–Crippen MR) is 65.1 cm³/mol. The number of nitrogens with one attached hydrogen (secondary N) is 1. The van der Waals surface area contributed by atoms with E-state index in [-0.39, 0.29) is 24.9 Å². The maximum absolute atomic E-state index is 11.8. The lowest BCUT2D eigenvalue weighted by Gasteiger charge is -2.31. The third kappa shape index (κ3) is 2.57. The smallest absolute Gasteiger partial charge is 0.243 e. The molecular weight excluding hydrogens is 234 g/mol. The third-order valence-electron chi connectivity index (χ3n) is 2.81. The van der Waals surface area contributed by atoms with Gasteiger partial charge in [0.25, 0.3) is 0 Å². The number of nitrogens with zero attached hydrogens (tertiary/aromatic N) is 3. The highest BCUT2D eigenvalue weighted by atomic mass is 16.2. The van der Waals surface area contributed by atoms with Crippen LogP contribution in [0.3, 0.4) is 0 Å². The number of amides is 2. The lowest BCUT2D eigenvalue weighted by molar-refractivity contribution is -0.149. The van der Waals surface area contributed by atoms with Crippen molar-refractivity contribution in [2.75, 3.05) is 25.6 Å². The van der Waals surface area contributed by atoms with Crippen molar-refractivity contribution in [2.24, 2.45) is 5.84 Å². The van der Waals surface area contributed by atoms with Crippen LogP contribution < -0.4 is 11.3 Å². The number of hydrogen-bond donors (Lipinski definition) is 2. The second kappa shape index (κ2) is 5.01. The summed E-state index contributed by atoms with van der Waals surface area (Å²) in [5.74, 6) is 5.15. The third-order valence-corrected chi connectivity index (χ3v) is 2.81. The molecule has 96 valence electrons. The molecule has 7 nitrogen and oxygen atoms in total. The molecular formula is C11H15N5O2. The number of rotatable bonds is 3. The fraction of sp³-hybridized carbons (Fsp3) is 0.364. The summed E-state index contributed by atoms with van der Waals surface area (Å²) in [6, 6.07) is 3.47. The molecule has 2 heterocycles. The number of pyridine rings is 1. The summed E-state index contributed by atoms with van der Waals surface area (Å²) in [6.07, 6.45) is 1.60. The number of nitrogen functional groups attached to an aromatic ring is 1. The molecule has 3 N–H and O–H groups in total. The normalized spacial score (nSPS) is 16.1. The summed E-state index contributed by atoms with van der Waals surface area (Å²) in [5.41, 5.74) is 3.92. The number of hydrazine groups is 1. The minimum atomic E-state index is -0.0787. The zero-order chi connectivity index (χ0) is 13.1. The lowest BCUT2D eigenvalue weighted by atomic mass is 10.2. The number of anilines is 1. The minimum absolute atomic E-state index is 0.0669. The molecule has 0 aliphatic carbocycles. The van der Waals surface area contributed by atoms with E-state index >= 15 is 0 Å². The molecule has 1 aliphatic heterocycles.